The Labute approximate surface area is 215 Å². The van der Waals surface area contributed by atoms with E-state index >= 15 is 0 Å². The van der Waals surface area contributed by atoms with Crippen molar-refractivity contribution in [2.75, 3.05) is 26.4 Å². The zero-order valence-corrected chi connectivity index (χ0v) is 22.9. The standard InChI is InChI=1S/C29H40O6Si/c1-4-32-36(33-5-2,34-6-3)21-15-10-8-7-9-14-20-31-26-19-18-25-22-27(24-16-12-11-13-17-24)29(30)35-28(25)23-26/h11-13,16-19,22-23H,4-10,14-15,20-21H2,1-3H3. The highest BCUT2D eigenvalue weighted by molar-refractivity contribution is 6.60. The SMILES string of the molecule is CCO[Si](CCCCCCCCOc1ccc2cc(-c3ccccc3)c(=O)oc2c1)(OCC)OCC. The first kappa shape index (κ1) is 28.1. The minimum absolute atomic E-state index is 0.338. The molecule has 0 atom stereocenters. The van der Waals surface area contributed by atoms with Crippen LogP contribution in [0.3, 0.4) is 0 Å². The maximum absolute atomic E-state index is 12.5. The summed E-state index contributed by atoms with van der Waals surface area (Å²) in [6.07, 6.45) is 6.68. The van der Waals surface area contributed by atoms with Crippen LogP contribution >= 0.6 is 0 Å². The van der Waals surface area contributed by atoms with Gasteiger partial charge in [-0.3, -0.25) is 0 Å². The van der Waals surface area contributed by atoms with Crippen molar-refractivity contribution >= 4 is 19.8 Å². The first-order chi connectivity index (χ1) is 17.6. The molecule has 1 heterocycles. The molecule has 0 bridgehead atoms. The number of ether oxygens (including phenoxy) is 1. The summed E-state index contributed by atoms with van der Waals surface area (Å²) in [6.45, 7) is 8.53. The van der Waals surface area contributed by atoms with Gasteiger partial charge in [-0.15, -0.1) is 0 Å². The van der Waals surface area contributed by atoms with E-state index in [0.29, 0.717) is 37.6 Å². The molecular formula is C29H40O6Si. The van der Waals surface area contributed by atoms with Gasteiger partial charge in [0.2, 0.25) is 0 Å². The average Bonchev–Trinajstić information content (AvgIpc) is 2.88. The van der Waals surface area contributed by atoms with Gasteiger partial charge in [-0.2, -0.15) is 0 Å². The number of unbranched alkanes of at least 4 members (excludes halogenated alkanes) is 5. The van der Waals surface area contributed by atoms with Crippen molar-refractivity contribution in [3.8, 4) is 16.9 Å². The molecule has 0 aliphatic rings. The molecule has 0 spiro atoms. The Morgan fingerprint density at radius 3 is 2.06 bits per heavy atom. The van der Waals surface area contributed by atoms with E-state index in [4.69, 9.17) is 22.4 Å². The molecule has 0 radical (unpaired) electrons. The zero-order valence-electron chi connectivity index (χ0n) is 21.9. The molecule has 0 fully saturated rings. The van der Waals surface area contributed by atoms with Crippen LogP contribution in [0.2, 0.25) is 6.04 Å². The van der Waals surface area contributed by atoms with Gasteiger partial charge in [-0.1, -0.05) is 56.0 Å². The Balaban J connectivity index is 1.38. The molecule has 0 aliphatic carbocycles. The minimum atomic E-state index is -2.51. The Kier molecular flexibility index (Phi) is 11.7. The van der Waals surface area contributed by atoms with Gasteiger partial charge in [0, 0.05) is 37.3 Å². The normalized spacial score (nSPS) is 11.8. The summed E-state index contributed by atoms with van der Waals surface area (Å²) >= 11 is 0. The molecule has 0 unspecified atom stereocenters. The van der Waals surface area contributed by atoms with Crippen molar-refractivity contribution in [3.63, 3.8) is 0 Å². The van der Waals surface area contributed by atoms with Crippen LogP contribution in [0.1, 0.15) is 59.3 Å². The third kappa shape index (κ3) is 8.30. The van der Waals surface area contributed by atoms with E-state index in [-0.39, 0.29) is 5.63 Å². The Hall–Kier alpha value is -2.45. The van der Waals surface area contributed by atoms with Crippen molar-refractivity contribution in [2.45, 2.75) is 65.3 Å². The topological polar surface area (TPSA) is 67.1 Å². The second-order valence-corrected chi connectivity index (χ2v) is 11.4. The van der Waals surface area contributed by atoms with E-state index in [9.17, 15) is 4.79 Å². The van der Waals surface area contributed by atoms with Crippen molar-refractivity contribution < 1.29 is 22.4 Å². The summed E-state index contributed by atoms with van der Waals surface area (Å²) < 4.78 is 29.3. The van der Waals surface area contributed by atoms with Crippen molar-refractivity contribution in [1.82, 2.24) is 0 Å². The van der Waals surface area contributed by atoms with Crippen LogP contribution < -0.4 is 10.4 Å². The molecule has 0 aliphatic heterocycles. The van der Waals surface area contributed by atoms with Gasteiger partial charge in [0.05, 0.1) is 12.2 Å². The van der Waals surface area contributed by atoms with Crippen molar-refractivity contribution in [3.05, 3.63) is 65.0 Å². The number of rotatable bonds is 17. The Morgan fingerprint density at radius 2 is 1.39 bits per heavy atom. The third-order valence-electron chi connectivity index (χ3n) is 6.03. The predicted molar refractivity (Wildman–Crippen MR) is 147 cm³/mol. The molecule has 0 N–H and O–H groups in total. The summed E-state index contributed by atoms with van der Waals surface area (Å²) in [4.78, 5) is 12.5. The zero-order chi connectivity index (χ0) is 25.6. The summed E-state index contributed by atoms with van der Waals surface area (Å²) in [7, 11) is -2.51. The van der Waals surface area contributed by atoms with E-state index in [1.807, 2.05) is 69.3 Å². The molecule has 6 nitrogen and oxygen atoms in total. The monoisotopic (exact) mass is 512 g/mol. The molecule has 2 aromatic carbocycles. The third-order valence-corrected chi connectivity index (χ3v) is 9.18. The van der Waals surface area contributed by atoms with Gasteiger partial charge in [0.25, 0.3) is 0 Å². The van der Waals surface area contributed by atoms with E-state index in [0.717, 1.165) is 48.4 Å². The lowest BCUT2D eigenvalue weighted by molar-refractivity contribution is 0.0706. The molecule has 1 aromatic heterocycles. The fraction of sp³-hybridized carbons (Fsp3) is 0.483. The first-order valence-electron chi connectivity index (χ1n) is 13.3. The Bertz CT molecular complexity index is 1080. The highest BCUT2D eigenvalue weighted by Crippen LogP contribution is 2.25. The van der Waals surface area contributed by atoms with Crippen LogP contribution in [-0.4, -0.2) is 35.2 Å². The summed E-state index contributed by atoms with van der Waals surface area (Å²) in [5, 5.41) is 0.880. The first-order valence-corrected chi connectivity index (χ1v) is 15.2. The average molecular weight is 513 g/mol. The molecule has 7 heteroatoms. The van der Waals surface area contributed by atoms with E-state index in [1.165, 1.54) is 12.8 Å². The van der Waals surface area contributed by atoms with Crippen LogP contribution in [0.15, 0.2) is 63.8 Å². The van der Waals surface area contributed by atoms with E-state index in [1.54, 1.807) is 6.07 Å². The highest BCUT2D eigenvalue weighted by atomic mass is 28.4. The van der Waals surface area contributed by atoms with Gasteiger partial charge in [0.15, 0.2) is 0 Å². The van der Waals surface area contributed by atoms with Crippen LogP contribution in [0.25, 0.3) is 22.1 Å². The molecule has 3 rings (SSSR count). The van der Waals surface area contributed by atoms with Gasteiger partial charge < -0.3 is 22.4 Å². The fourth-order valence-electron chi connectivity index (χ4n) is 4.34. The second-order valence-electron chi connectivity index (χ2n) is 8.72. The van der Waals surface area contributed by atoms with Crippen LogP contribution in [0.4, 0.5) is 0 Å². The maximum Gasteiger partial charge on any atom is 0.500 e. The van der Waals surface area contributed by atoms with Crippen molar-refractivity contribution in [1.29, 1.82) is 0 Å². The van der Waals surface area contributed by atoms with Gasteiger partial charge in [-0.25, -0.2) is 4.79 Å². The fourth-order valence-corrected chi connectivity index (χ4v) is 7.03. The second kappa shape index (κ2) is 14.9. The van der Waals surface area contributed by atoms with Crippen LogP contribution in [-0.2, 0) is 13.3 Å². The minimum Gasteiger partial charge on any atom is -0.493 e. The van der Waals surface area contributed by atoms with Crippen LogP contribution in [0.5, 0.6) is 5.75 Å². The van der Waals surface area contributed by atoms with Gasteiger partial charge >= 0.3 is 14.4 Å². The summed E-state index contributed by atoms with van der Waals surface area (Å²) in [5.41, 5.74) is 1.63. The maximum atomic E-state index is 12.5. The van der Waals surface area contributed by atoms with Crippen molar-refractivity contribution in [2.24, 2.45) is 0 Å². The number of hydrogen-bond acceptors (Lipinski definition) is 6. The molecule has 196 valence electrons. The molecule has 0 saturated heterocycles. The lowest BCUT2D eigenvalue weighted by atomic mass is 10.1. The lowest BCUT2D eigenvalue weighted by Crippen LogP contribution is -2.45. The molecule has 0 saturated carbocycles. The van der Waals surface area contributed by atoms with Gasteiger partial charge in [0.1, 0.15) is 11.3 Å². The van der Waals surface area contributed by atoms with Crippen LogP contribution in [0, 0.1) is 0 Å². The van der Waals surface area contributed by atoms with Gasteiger partial charge in [-0.05, 0) is 57.4 Å². The molecule has 36 heavy (non-hydrogen) atoms. The smallest absolute Gasteiger partial charge is 0.493 e. The number of fused-ring (bicyclic) bond motifs is 1. The lowest BCUT2D eigenvalue weighted by Gasteiger charge is -2.28. The summed E-state index contributed by atoms with van der Waals surface area (Å²) in [6, 6.07) is 18.0. The van der Waals surface area contributed by atoms with E-state index < -0.39 is 8.80 Å². The molecular weight excluding hydrogens is 472 g/mol. The molecule has 0 amide bonds. The predicted octanol–water partition coefficient (Wildman–Crippen LogP) is 7.23. The molecule has 3 aromatic rings. The summed E-state index contributed by atoms with van der Waals surface area (Å²) in [5.74, 6) is 0.724. The number of hydrogen-bond donors (Lipinski definition) is 0. The quantitative estimate of drug-likeness (QED) is 0.108. The highest BCUT2D eigenvalue weighted by Gasteiger charge is 2.39. The Morgan fingerprint density at radius 1 is 0.750 bits per heavy atom. The largest absolute Gasteiger partial charge is 0.500 e. The number of benzene rings is 2. The van der Waals surface area contributed by atoms with E-state index in [2.05, 4.69) is 0 Å².